The predicted octanol–water partition coefficient (Wildman–Crippen LogP) is -2.39. The fraction of sp³-hybridized carbons (Fsp3) is 0.529. The first-order valence-electron chi connectivity index (χ1n) is 7.90. The maximum absolute atomic E-state index is 11.7. The monoisotopic (exact) mass is 465 g/mol. The lowest BCUT2D eigenvalue weighted by Crippen LogP contribution is -3.00. The highest BCUT2D eigenvalue weighted by molar-refractivity contribution is 5.77. The third-order valence-electron chi connectivity index (χ3n) is 2.99. The first-order valence-corrected chi connectivity index (χ1v) is 7.90. The lowest BCUT2D eigenvalue weighted by atomic mass is 10.1. The van der Waals surface area contributed by atoms with Gasteiger partial charge in [0, 0.05) is 14.1 Å². The number of hydrogen-bond donors (Lipinski definition) is 2. The standard InChI is InChI=1S/C17H27N3O4.HI/c1-17(2,3)19-11-10-18-15(21)12-23-13-6-8-14(9-7-13)24-16(22)20(4)5;/h6-9,19H,10-12H2,1-5H3,(H,18,21);1H. The van der Waals surface area contributed by atoms with E-state index in [-0.39, 0.29) is 42.0 Å². The van der Waals surface area contributed by atoms with E-state index in [2.05, 4.69) is 31.4 Å². The van der Waals surface area contributed by atoms with Gasteiger partial charge in [-0.25, -0.2) is 4.79 Å². The van der Waals surface area contributed by atoms with Crippen LogP contribution in [0.3, 0.4) is 0 Å². The summed E-state index contributed by atoms with van der Waals surface area (Å²) in [4.78, 5) is 24.5. The quantitative estimate of drug-likeness (QED) is 0.348. The molecular formula is C17H28IN3O4. The molecule has 1 rings (SSSR count). The number of nitrogens with two attached hydrogens (primary N) is 1. The second kappa shape index (κ2) is 11.1. The third-order valence-corrected chi connectivity index (χ3v) is 2.99. The van der Waals surface area contributed by atoms with Crippen LogP contribution in [0, 0.1) is 0 Å². The minimum absolute atomic E-state index is 0. The van der Waals surface area contributed by atoms with Gasteiger partial charge in [-0.2, -0.15) is 0 Å². The minimum atomic E-state index is -0.449. The zero-order chi connectivity index (χ0) is 18.2. The number of amides is 2. The van der Waals surface area contributed by atoms with Crippen molar-refractivity contribution < 1.29 is 48.4 Å². The molecule has 0 atom stereocenters. The molecule has 0 heterocycles. The van der Waals surface area contributed by atoms with E-state index >= 15 is 0 Å². The summed E-state index contributed by atoms with van der Waals surface area (Å²) in [6, 6.07) is 6.54. The fourth-order valence-corrected chi connectivity index (χ4v) is 1.71. The molecule has 0 fully saturated rings. The predicted molar refractivity (Wildman–Crippen MR) is 91.2 cm³/mol. The van der Waals surface area contributed by atoms with Crippen LogP contribution < -0.4 is 44.1 Å². The van der Waals surface area contributed by atoms with Crippen molar-refractivity contribution in [3.05, 3.63) is 24.3 Å². The summed E-state index contributed by atoms with van der Waals surface area (Å²) in [5.41, 5.74) is 0.152. The summed E-state index contributed by atoms with van der Waals surface area (Å²) < 4.78 is 10.5. The van der Waals surface area contributed by atoms with Gasteiger partial charge < -0.3 is 49.0 Å². The van der Waals surface area contributed by atoms with Gasteiger partial charge in [-0.05, 0) is 45.0 Å². The molecule has 0 unspecified atom stereocenters. The van der Waals surface area contributed by atoms with Crippen LogP contribution in [0.5, 0.6) is 11.5 Å². The molecule has 0 spiro atoms. The normalized spacial score (nSPS) is 10.4. The molecule has 0 aliphatic rings. The number of ether oxygens (including phenoxy) is 2. The van der Waals surface area contributed by atoms with Gasteiger partial charge in [0.1, 0.15) is 11.5 Å². The molecule has 0 radical (unpaired) electrons. The topological polar surface area (TPSA) is 84.5 Å². The van der Waals surface area contributed by atoms with E-state index in [1.165, 1.54) is 4.90 Å². The summed E-state index contributed by atoms with van der Waals surface area (Å²) in [6.45, 7) is 7.73. The molecule has 0 aliphatic carbocycles. The van der Waals surface area contributed by atoms with Crippen molar-refractivity contribution in [1.82, 2.24) is 10.2 Å². The van der Waals surface area contributed by atoms with Gasteiger partial charge in [-0.15, -0.1) is 0 Å². The van der Waals surface area contributed by atoms with Gasteiger partial charge in [0.2, 0.25) is 0 Å². The minimum Gasteiger partial charge on any atom is -1.00 e. The lowest BCUT2D eigenvalue weighted by molar-refractivity contribution is -0.715. The average molecular weight is 465 g/mol. The third kappa shape index (κ3) is 10.8. The molecule has 0 saturated carbocycles. The molecule has 142 valence electrons. The molecule has 1 aromatic carbocycles. The largest absolute Gasteiger partial charge is 1.00 e. The zero-order valence-electron chi connectivity index (χ0n) is 15.5. The Hall–Kier alpha value is -1.55. The highest BCUT2D eigenvalue weighted by atomic mass is 127. The Morgan fingerprint density at radius 1 is 1.12 bits per heavy atom. The Balaban J connectivity index is 0.00000576. The number of halogens is 1. The van der Waals surface area contributed by atoms with E-state index in [0.717, 1.165) is 6.54 Å². The maximum Gasteiger partial charge on any atom is 0.414 e. The Morgan fingerprint density at radius 3 is 2.20 bits per heavy atom. The molecule has 0 saturated heterocycles. The fourth-order valence-electron chi connectivity index (χ4n) is 1.71. The van der Waals surface area contributed by atoms with Gasteiger partial charge in [-0.1, -0.05) is 0 Å². The summed E-state index contributed by atoms with van der Waals surface area (Å²) in [6.07, 6.45) is -0.449. The van der Waals surface area contributed by atoms with Crippen molar-refractivity contribution in [3.8, 4) is 11.5 Å². The highest BCUT2D eigenvalue weighted by Gasteiger charge is 2.12. The van der Waals surface area contributed by atoms with Crippen molar-refractivity contribution in [2.24, 2.45) is 0 Å². The number of nitrogens with one attached hydrogen (secondary N) is 1. The molecule has 8 heteroatoms. The van der Waals surface area contributed by atoms with E-state index in [1.807, 2.05) is 0 Å². The second-order valence-electron chi connectivity index (χ2n) is 6.73. The van der Waals surface area contributed by atoms with Crippen LogP contribution in [-0.2, 0) is 4.79 Å². The van der Waals surface area contributed by atoms with Gasteiger partial charge in [0.05, 0.1) is 18.6 Å². The Labute approximate surface area is 166 Å². The maximum atomic E-state index is 11.7. The molecule has 7 nitrogen and oxygen atoms in total. The van der Waals surface area contributed by atoms with Crippen molar-refractivity contribution in [3.63, 3.8) is 0 Å². The molecular weight excluding hydrogens is 437 g/mol. The van der Waals surface area contributed by atoms with Crippen LogP contribution in [0.15, 0.2) is 24.3 Å². The van der Waals surface area contributed by atoms with Crippen molar-refractivity contribution in [1.29, 1.82) is 0 Å². The molecule has 0 aliphatic heterocycles. The summed E-state index contributed by atoms with van der Waals surface area (Å²) >= 11 is 0. The van der Waals surface area contributed by atoms with Crippen LogP contribution >= 0.6 is 0 Å². The number of carbonyl (C=O) groups excluding carboxylic acids is 2. The first kappa shape index (κ1) is 23.4. The average Bonchev–Trinajstić information content (AvgIpc) is 2.50. The van der Waals surface area contributed by atoms with Gasteiger partial charge in [0.15, 0.2) is 6.61 Å². The lowest BCUT2D eigenvalue weighted by Gasteiger charge is -2.16. The SMILES string of the molecule is CN(C)C(=O)Oc1ccc(OCC(=O)NCC[NH2+]C(C)(C)C)cc1.[I-]. The van der Waals surface area contributed by atoms with Crippen molar-refractivity contribution >= 4 is 12.0 Å². The Kier molecular flexibility index (Phi) is 10.4. The Bertz CT molecular complexity index is 542. The summed E-state index contributed by atoms with van der Waals surface area (Å²) in [5.74, 6) is 0.791. The molecule has 0 bridgehead atoms. The van der Waals surface area contributed by atoms with Crippen LogP contribution in [0.4, 0.5) is 4.79 Å². The second-order valence-corrected chi connectivity index (χ2v) is 6.73. The van der Waals surface area contributed by atoms with Gasteiger partial charge in [0.25, 0.3) is 5.91 Å². The number of benzene rings is 1. The van der Waals surface area contributed by atoms with Crippen molar-refractivity contribution in [2.75, 3.05) is 33.8 Å². The smallest absolute Gasteiger partial charge is 0.414 e. The van der Waals surface area contributed by atoms with Crippen molar-refractivity contribution in [2.45, 2.75) is 26.3 Å². The van der Waals surface area contributed by atoms with E-state index in [9.17, 15) is 9.59 Å². The van der Waals surface area contributed by atoms with Gasteiger partial charge >= 0.3 is 6.09 Å². The van der Waals surface area contributed by atoms with E-state index in [1.54, 1.807) is 38.4 Å². The van der Waals surface area contributed by atoms with E-state index in [4.69, 9.17) is 9.47 Å². The molecule has 0 aromatic heterocycles. The van der Waals surface area contributed by atoms with E-state index < -0.39 is 6.09 Å². The number of nitrogens with zero attached hydrogens (tertiary/aromatic N) is 1. The summed E-state index contributed by atoms with van der Waals surface area (Å²) in [5, 5.41) is 4.97. The molecule has 3 N–H and O–H groups in total. The van der Waals surface area contributed by atoms with Gasteiger partial charge in [-0.3, -0.25) is 4.79 Å². The van der Waals surface area contributed by atoms with Crippen LogP contribution in [0.2, 0.25) is 0 Å². The molecule has 2 amide bonds. The number of quaternary nitrogens is 1. The number of carbonyl (C=O) groups is 2. The summed E-state index contributed by atoms with van der Waals surface area (Å²) in [7, 11) is 3.22. The molecule has 1 aromatic rings. The Morgan fingerprint density at radius 2 is 1.68 bits per heavy atom. The highest BCUT2D eigenvalue weighted by Crippen LogP contribution is 2.17. The van der Waals surface area contributed by atoms with Crippen LogP contribution in [-0.4, -0.2) is 56.2 Å². The number of rotatable bonds is 7. The van der Waals surface area contributed by atoms with E-state index in [0.29, 0.717) is 18.0 Å². The van der Waals surface area contributed by atoms with Crippen LogP contribution in [0.1, 0.15) is 20.8 Å². The first-order chi connectivity index (χ1) is 11.2. The van der Waals surface area contributed by atoms with Crippen LogP contribution in [0.25, 0.3) is 0 Å². The zero-order valence-corrected chi connectivity index (χ0v) is 17.6. The molecule has 25 heavy (non-hydrogen) atoms. The number of hydrogen-bond acceptors (Lipinski definition) is 4.